The molecule has 0 aliphatic carbocycles. The summed E-state index contributed by atoms with van der Waals surface area (Å²) >= 11 is 0. The fourth-order valence-electron chi connectivity index (χ4n) is 2.79. The fourth-order valence-corrected chi connectivity index (χ4v) is 2.79. The van der Waals surface area contributed by atoms with Gasteiger partial charge in [0.25, 0.3) is 0 Å². The van der Waals surface area contributed by atoms with Gasteiger partial charge in [0.15, 0.2) is 0 Å². The Hall–Kier alpha value is -3.25. The van der Waals surface area contributed by atoms with Crippen LogP contribution in [0.15, 0.2) is 60.7 Å². The first-order chi connectivity index (χ1) is 15.2. The lowest BCUT2D eigenvalue weighted by atomic mass is 10.3. The molecule has 4 rings (SSSR count). The maximum absolute atomic E-state index is 9.75. The highest BCUT2D eigenvalue weighted by Crippen LogP contribution is 2.27. The van der Waals surface area contributed by atoms with Crippen molar-refractivity contribution >= 4 is 13.2 Å². The molecule has 0 N–H and O–H groups in total. The Kier molecular flexibility index (Phi) is 7.59. The Morgan fingerprint density at radius 1 is 0.750 bits per heavy atom. The summed E-state index contributed by atoms with van der Waals surface area (Å²) in [6.07, 6.45) is 0. The van der Waals surface area contributed by atoms with Crippen LogP contribution in [0.4, 0.5) is 23.2 Å². The van der Waals surface area contributed by atoms with Gasteiger partial charge in [-0.05, 0) is 24.3 Å². The number of ether oxygens (including phenoxy) is 3. The summed E-state index contributed by atoms with van der Waals surface area (Å²) in [4.78, 5) is 13.5. The molecule has 3 aromatic rings. The van der Waals surface area contributed by atoms with Crippen LogP contribution in [0.5, 0.6) is 23.5 Å². The zero-order valence-corrected chi connectivity index (χ0v) is 17.2. The van der Waals surface area contributed by atoms with E-state index in [-0.39, 0.29) is 12.0 Å². The quantitative estimate of drug-likeness (QED) is 0.317. The SMILES string of the molecule is C[N+]1(c2nc(Oc3ccccc3)nc(Oc3ccccc3)n2)CCOCC1.F[B-](F)(F)F. The van der Waals surface area contributed by atoms with Gasteiger partial charge in [0.2, 0.25) is 0 Å². The summed E-state index contributed by atoms with van der Waals surface area (Å²) in [5, 5.41) is 0. The van der Waals surface area contributed by atoms with Crippen LogP contribution in [-0.4, -0.2) is 55.6 Å². The van der Waals surface area contributed by atoms with Gasteiger partial charge < -0.3 is 31.5 Å². The van der Waals surface area contributed by atoms with E-state index in [1.54, 1.807) is 0 Å². The number of quaternary nitrogens is 1. The predicted octanol–water partition coefficient (Wildman–Crippen LogP) is 4.72. The first-order valence-electron chi connectivity index (χ1n) is 9.73. The molecule has 0 saturated carbocycles. The number of rotatable bonds is 5. The number of aromatic nitrogens is 3. The summed E-state index contributed by atoms with van der Waals surface area (Å²) in [7, 11) is -3.92. The van der Waals surface area contributed by atoms with Gasteiger partial charge in [0.05, 0.1) is 20.3 Å². The number of halogens is 4. The minimum absolute atomic E-state index is 0.211. The van der Waals surface area contributed by atoms with E-state index < -0.39 is 7.25 Å². The van der Waals surface area contributed by atoms with Gasteiger partial charge in [0.1, 0.15) is 24.6 Å². The Morgan fingerprint density at radius 3 is 1.56 bits per heavy atom. The molecule has 2 heterocycles. The van der Waals surface area contributed by atoms with Crippen molar-refractivity contribution in [3.8, 4) is 23.5 Å². The van der Waals surface area contributed by atoms with Crippen molar-refractivity contribution in [2.75, 3.05) is 33.4 Å². The molecule has 0 unspecified atom stereocenters. The summed E-state index contributed by atoms with van der Waals surface area (Å²) in [5.74, 6) is 1.92. The lowest BCUT2D eigenvalue weighted by Gasteiger charge is -2.34. The van der Waals surface area contributed by atoms with Gasteiger partial charge in [-0.25, -0.2) is 0 Å². The van der Waals surface area contributed by atoms with E-state index in [1.807, 2.05) is 60.7 Å². The number of para-hydroxylation sites is 2. The number of morpholine rings is 1. The topological polar surface area (TPSA) is 66.4 Å². The van der Waals surface area contributed by atoms with Crippen molar-refractivity contribution in [2.45, 2.75) is 0 Å². The minimum Gasteiger partial charge on any atom is -0.424 e. The second kappa shape index (κ2) is 10.4. The molecular weight excluding hydrogens is 431 g/mol. The van der Waals surface area contributed by atoms with Gasteiger partial charge in [-0.15, -0.1) is 15.0 Å². The van der Waals surface area contributed by atoms with Crippen LogP contribution < -0.4 is 14.0 Å². The summed E-state index contributed by atoms with van der Waals surface area (Å²) in [6, 6.07) is 19.3. The van der Waals surface area contributed by atoms with Gasteiger partial charge in [-0.1, -0.05) is 36.4 Å². The number of hydrogen-bond donors (Lipinski definition) is 0. The van der Waals surface area contributed by atoms with Crippen molar-refractivity contribution in [1.29, 1.82) is 0 Å². The van der Waals surface area contributed by atoms with Crippen LogP contribution in [0.2, 0.25) is 0 Å². The van der Waals surface area contributed by atoms with Crippen LogP contribution in [0.25, 0.3) is 0 Å². The third kappa shape index (κ3) is 7.47. The highest BCUT2D eigenvalue weighted by atomic mass is 19.5. The van der Waals surface area contributed by atoms with Gasteiger partial charge in [-0.2, -0.15) is 0 Å². The Labute approximate surface area is 182 Å². The molecule has 0 bridgehead atoms. The molecule has 1 aliphatic rings. The van der Waals surface area contributed by atoms with Gasteiger partial charge >= 0.3 is 25.2 Å². The molecule has 2 aromatic carbocycles. The summed E-state index contributed by atoms with van der Waals surface area (Å²) in [6.45, 7) is 2.87. The average Bonchev–Trinajstić information content (AvgIpc) is 2.74. The van der Waals surface area contributed by atoms with Gasteiger partial charge in [-0.3, -0.25) is 4.48 Å². The Balaban J connectivity index is 0.000000523. The molecule has 0 spiro atoms. The maximum Gasteiger partial charge on any atom is 0.673 e. The van der Waals surface area contributed by atoms with Crippen LogP contribution in [0.1, 0.15) is 0 Å². The average molecular weight is 452 g/mol. The molecule has 1 aromatic heterocycles. The second-order valence-corrected chi connectivity index (χ2v) is 6.98. The molecule has 0 amide bonds. The molecule has 0 atom stereocenters. The van der Waals surface area contributed by atoms with Crippen LogP contribution in [-0.2, 0) is 4.74 Å². The smallest absolute Gasteiger partial charge is 0.424 e. The lowest BCUT2D eigenvalue weighted by molar-refractivity contribution is 0.0490. The number of likely N-dealkylation sites (N-methyl/N-ethyl adjacent to an activating group) is 1. The van der Waals surface area contributed by atoms with Crippen molar-refractivity contribution in [1.82, 2.24) is 19.4 Å². The van der Waals surface area contributed by atoms with Crippen LogP contribution >= 0.6 is 0 Å². The van der Waals surface area contributed by atoms with E-state index in [0.717, 1.165) is 13.1 Å². The highest BCUT2D eigenvalue weighted by Gasteiger charge is 2.33. The van der Waals surface area contributed by atoms with E-state index in [1.165, 1.54) is 0 Å². The number of nitrogens with zero attached hydrogens (tertiary/aromatic N) is 4. The van der Waals surface area contributed by atoms with Crippen molar-refractivity contribution < 1.29 is 31.5 Å². The van der Waals surface area contributed by atoms with Crippen molar-refractivity contribution in [3.63, 3.8) is 0 Å². The largest absolute Gasteiger partial charge is 0.673 e. The molecule has 1 aliphatic heterocycles. The molecule has 1 fully saturated rings. The number of hydrogen-bond acceptors (Lipinski definition) is 6. The highest BCUT2D eigenvalue weighted by molar-refractivity contribution is 6.50. The lowest BCUT2D eigenvalue weighted by Crippen LogP contribution is -2.54. The normalized spacial score (nSPS) is 15.3. The van der Waals surface area contributed by atoms with Crippen molar-refractivity contribution in [2.24, 2.45) is 0 Å². The molecule has 32 heavy (non-hydrogen) atoms. The minimum atomic E-state index is -6.00. The molecular formula is C20H21BF4N4O3. The molecule has 170 valence electrons. The van der Waals surface area contributed by atoms with Crippen molar-refractivity contribution in [3.05, 3.63) is 60.7 Å². The first kappa shape index (κ1) is 23.4. The Morgan fingerprint density at radius 2 is 1.16 bits per heavy atom. The van der Waals surface area contributed by atoms with E-state index in [0.29, 0.717) is 35.1 Å². The molecule has 0 radical (unpaired) electrons. The number of benzene rings is 2. The second-order valence-electron chi connectivity index (χ2n) is 6.98. The van der Waals surface area contributed by atoms with E-state index in [4.69, 9.17) is 14.2 Å². The fraction of sp³-hybridized carbons (Fsp3) is 0.250. The van der Waals surface area contributed by atoms with E-state index in [9.17, 15) is 17.3 Å². The third-order valence-corrected chi connectivity index (χ3v) is 4.43. The Bertz CT molecular complexity index is 925. The van der Waals surface area contributed by atoms with Crippen LogP contribution in [0.3, 0.4) is 0 Å². The van der Waals surface area contributed by atoms with E-state index in [2.05, 4.69) is 22.0 Å². The molecule has 7 nitrogen and oxygen atoms in total. The summed E-state index contributed by atoms with van der Waals surface area (Å²) in [5.41, 5.74) is 0. The standard InChI is InChI=1S/C20H21N4O3.BF4/c1-24(12-14-25-15-13-24)18-21-19(26-16-8-4-2-5-9-16)23-20(22-18)27-17-10-6-3-7-11-17;2-1(3,4)5/h2-11H,12-15H2,1H3;/q+1;-1. The molecule has 1 saturated heterocycles. The van der Waals surface area contributed by atoms with Gasteiger partial charge in [0, 0.05) is 0 Å². The monoisotopic (exact) mass is 452 g/mol. The first-order valence-corrected chi connectivity index (χ1v) is 9.73. The van der Waals surface area contributed by atoms with Crippen LogP contribution in [0, 0.1) is 0 Å². The predicted molar refractivity (Wildman–Crippen MR) is 111 cm³/mol. The zero-order chi connectivity index (χ0) is 23.0. The third-order valence-electron chi connectivity index (χ3n) is 4.43. The molecule has 12 heteroatoms. The summed E-state index contributed by atoms with van der Waals surface area (Å²) < 4.78 is 56.7. The van der Waals surface area contributed by atoms with E-state index >= 15 is 0 Å². The maximum atomic E-state index is 9.75. The zero-order valence-electron chi connectivity index (χ0n) is 17.2.